The van der Waals surface area contributed by atoms with Gasteiger partial charge in [0, 0.05) is 0 Å². The van der Waals surface area contributed by atoms with Crippen LogP contribution in [0.1, 0.15) is 27.7 Å². The zero-order valence-electron chi connectivity index (χ0n) is 11.2. The summed E-state index contributed by atoms with van der Waals surface area (Å²) in [5, 5.41) is 9.66. The molecule has 7 heteroatoms. The van der Waals surface area contributed by atoms with E-state index < -0.39 is 31.9 Å². The van der Waals surface area contributed by atoms with Gasteiger partial charge in [0.25, 0.3) is 0 Å². The van der Waals surface area contributed by atoms with Gasteiger partial charge in [-0.1, -0.05) is 17.7 Å². The number of rotatable bonds is 4. The van der Waals surface area contributed by atoms with Crippen molar-refractivity contribution >= 4 is 21.6 Å². The van der Waals surface area contributed by atoms with E-state index in [9.17, 15) is 17.9 Å². The lowest BCUT2D eigenvalue weighted by molar-refractivity contribution is 0.00636. The molecule has 0 aliphatic carbocycles. The van der Waals surface area contributed by atoms with Crippen molar-refractivity contribution in [2.24, 2.45) is 0 Å². The highest BCUT2D eigenvalue weighted by Gasteiger charge is 2.39. The first-order valence-electron chi connectivity index (χ1n) is 5.59. The summed E-state index contributed by atoms with van der Waals surface area (Å²) in [6, 6.07) is 3.72. The van der Waals surface area contributed by atoms with Gasteiger partial charge >= 0.3 is 0 Å². The van der Waals surface area contributed by atoms with E-state index in [0.29, 0.717) is 0 Å². The monoisotopic (exact) mass is 309 g/mol. The topological polar surface area (TPSA) is 66.4 Å². The zero-order valence-corrected chi connectivity index (χ0v) is 12.7. The summed E-state index contributed by atoms with van der Waals surface area (Å²) >= 11 is 5.56. The van der Waals surface area contributed by atoms with Crippen molar-refractivity contribution in [1.82, 2.24) is 4.72 Å². The molecule has 0 spiro atoms. The minimum Gasteiger partial charge on any atom is -0.389 e. The van der Waals surface area contributed by atoms with Crippen LogP contribution in [0.2, 0.25) is 5.02 Å². The molecule has 1 aromatic carbocycles. The predicted octanol–water partition coefficient (Wildman–Crippen LogP) is 2.31. The van der Waals surface area contributed by atoms with Crippen LogP contribution in [0, 0.1) is 5.82 Å². The molecule has 1 aromatic rings. The Kier molecular flexibility index (Phi) is 4.32. The molecule has 0 aliphatic heterocycles. The van der Waals surface area contributed by atoms with Crippen molar-refractivity contribution in [3.05, 3.63) is 29.0 Å². The maximum Gasteiger partial charge on any atom is 0.244 e. The number of sulfonamides is 1. The summed E-state index contributed by atoms with van der Waals surface area (Å²) in [6.07, 6.45) is 0. The van der Waals surface area contributed by atoms with Crippen molar-refractivity contribution < 1.29 is 17.9 Å². The Morgan fingerprint density at radius 3 is 2.26 bits per heavy atom. The molecule has 0 radical (unpaired) electrons. The van der Waals surface area contributed by atoms with Crippen molar-refractivity contribution in [3.8, 4) is 0 Å². The van der Waals surface area contributed by atoms with Crippen LogP contribution in [0.3, 0.4) is 0 Å². The van der Waals surface area contributed by atoms with E-state index in [1.54, 1.807) is 0 Å². The quantitative estimate of drug-likeness (QED) is 0.897. The molecule has 0 unspecified atom stereocenters. The molecule has 19 heavy (non-hydrogen) atoms. The van der Waals surface area contributed by atoms with Crippen molar-refractivity contribution in [2.45, 2.75) is 43.7 Å². The highest BCUT2D eigenvalue weighted by atomic mass is 35.5. The van der Waals surface area contributed by atoms with E-state index in [0.717, 1.165) is 6.07 Å². The maximum atomic E-state index is 13.8. The van der Waals surface area contributed by atoms with Gasteiger partial charge in [-0.05, 0) is 39.8 Å². The zero-order chi connectivity index (χ0) is 15.1. The smallest absolute Gasteiger partial charge is 0.244 e. The molecule has 0 atom stereocenters. The first kappa shape index (κ1) is 16.4. The van der Waals surface area contributed by atoms with Crippen molar-refractivity contribution in [3.63, 3.8) is 0 Å². The number of halogens is 2. The lowest BCUT2D eigenvalue weighted by Crippen LogP contribution is -2.57. The molecule has 0 aromatic heterocycles. The Hall–Kier alpha value is -0.690. The van der Waals surface area contributed by atoms with Gasteiger partial charge in [0.15, 0.2) is 5.82 Å². The van der Waals surface area contributed by atoms with E-state index in [2.05, 4.69) is 4.72 Å². The number of hydrogen-bond donors (Lipinski definition) is 2. The van der Waals surface area contributed by atoms with Crippen molar-refractivity contribution in [2.75, 3.05) is 0 Å². The summed E-state index contributed by atoms with van der Waals surface area (Å²) in [4.78, 5) is -0.544. The minimum absolute atomic E-state index is 0.274. The molecule has 0 amide bonds. The second-order valence-electron chi connectivity index (χ2n) is 5.34. The Bertz CT molecular complexity index is 579. The van der Waals surface area contributed by atoms with Gasteiger partial charge in [-0.3, -0.25) is 0 Å². The van der Waals surface area contributed by atoms with Crippen LogP contribution in [0.4, 0.5) is 4.39 Å². The third-order valence-electron chi connectivity index (χ3n) is 3.12. The van der Waals surface area contributed by atoms with Gasteiger partial charge in [-0.15, -0.1) is 0 Å². The first-order chi connectivity index (χ1) is 8.38. The summed E-state index contributed by atoms with van der Waals surface area (Å²) in [5.74, 6) is -1.01. The van der Waals surface area contributed by atoms with Crippen LogP contribution >= 0.6 is 11.6 Å². The van der Waals surface area contributed by atoms with Gasteiger partial charge in [-0.2, -0.15) is 0 Å². The lowest BCUT2D eigenvalue weighted by Gasteiger charge is -2.37. The summed E-state index contributed by atoms with van der Waals surface area (Å²) in [5.41, 5.74) is -2.50. The first-order valence-corrected chi connectivity index (χ1v) is 7.45. The summed E-state index contributed by atoms with van der Waals surface area (Å²) < 4.78 is 40.3. The SMILES string of the molecule is CC(C)(O)C(C)(C)NS(=O)(=O)c1cccc(Cl)c1F. The molecule has 0 saturated heterocycles. The second kappa shape index (κ2) is 5.01. The second-order valence-corrected chi connectivity index (χ2v) is 7.40. The van der Waals surface area contributed by atoms with Crippen LogP contribution < -0.4 is 4.72 Å². The predicted molar refractivity (Wildman–Crippen MR) is 72.1 cm³/mol. The molecule has 0 saturated carbocycles. The highest BCUT2D eigenvalue weighted by Crippen LogP contribution is 2.26. The van der Waals surface area contributed by atoms with Crippen LogP contribution in [-0.4, -0.2) is 24.7 Å². The van der Waals surface area contributed by atoms with E-state index in [1.165, 1.54) is 39.8 Å². The average molecular weight is 310 g/mol. The molecule has 0 heterocycles. The third-order valence-corrected chi connectivity index (χ3v) is 5.09. The van der Waals surface area contributed by atoms with Crippen LogP contribution in [-0.2, 0) is 10.0 Å². The van der Waals surface area contributed by atoms with Gasteiger partial charge in [0.2, 0.25) is 10.0 Å². The van der Waals surface area contributed by atoms with Crippen molar-refractivity contribution in [1.29, 1.82) is 0 Å². The highest BCUT2D eigenvalue weighted by molar-refractivity contribution is 7.89. The van der Waals surface area contributed by atoms with Gasteiger partial charge in [-0.25, -0.2) is 17.5 Å². The number of benzene rings is 1. The van der Waals surface area contributed by atoms with E-state index >= 15 is 0 Å². The molecule has 0 aliphatic rings. The molecule has 1 rings (SSSR count). The number of aliphatic hydroxyl groups is 1. The fraction of sp³-hybridized carbons (Fsp3) is 0.500. The normalized spacial score (nSPS) is 13.6. The molecular weight excluding hydrogens is 293 g/mol. The molecule has 108 valence electrons. The molecule has 0 bridgehead atoms. The van der Waals surface area contributed by atoms with Crippen LogP contribution in [0.5, 0.6) is 0 Å². The lowest BCUT2D eigenvalue weighted by atomic mass is 9.87. The fourth-order valence-electron chi connectivity index (χ4n) is 1.21. The Labute approximate surface area is 117 Å². The van der Waals surface area contributed by atoms with E-state index in [4.69, 9.17) is 11.6 Å². The van der Waals surface area contributed by atoms with E-state index in [-0.39, 0.29) is 5.02 Å². The summed E-state index contributed by atoms with van der Waals surface area (Å²) in [6.45, 7) is 5.94. The number of hydrogen-bond acceptors (Lipinski definition) is 3. The van der Waals surface area contributed by atoms with Crippen LogP contribution in [0.25, 0.3) is 0 Å². The molecular formula is C12H17ClFNO3S. The van der Waals surface area contributed by atoms with Crippen LogP contribution in [0.15, 0.2) is 23.1 Å². The number of nitrogens with one attached hydrogen (secondary N) is 1. The average Bonchev–Trinajstić information content (AvgIpc) is 2.18. The van der Waals surface area contributed by atoms with Gasteiger partial charge < -0.3 is 5.11 Å². The van der Waals surface area contributed by atoms with E-state index in [1.807, 2.05) is 0 Å². The summed E-state index contributed by atoms with van der Waals surface area (Å²) in [7, 11) is -4.12. The largest absolute Gasteiger partial charge is 0.389 e. The standard InChI is InChI=1S/C12H17ClFNO3S/c1-11(2,12(3,4)16)15-19(17,18)9-7-5-6-8(13)10(9)14/h5-7,15-16H,1-4H3. The molecule has 2 N–H and O–H groups in total. The Balaban J connectivity index is 3.24. The Morgan fingerprint density at radius 1 is 1.26 bits per heavy atom. The van der Waals surface area contributed by atoms with Gasteiger partial charge in [0.1, 0.15) is 4.90 Å². The molecule has 4 nitrogen and oxygen atoms in total. The maximum absolute atomic E-state index is 13.8. The third kappa shape index (κ3) is 3.45. The molecule has 0 fully saturated rings. The minimum atomic E-state index is -4.12. The van der Waals surface area contributed by atoms with Gasteiger partial charge in [0.05, 0.1) is 16.2 Å². The fourth-order valence-corrected chi connectivity index (χ4v) is 3.07. The Morgan fingerprint density at radius 2 is 1.79 bits per heavy atom.